The maximum Gasteiger partial charge on any atom is 0.409 e. The number of carbonyl (C=O) groups excluding carboxylic acids is 2. The molecule has 3 saturated heterocycles. The summed E-state index contributed by atoms with van der Waals surface area (Å²) in [7, 11) is 0. The van der Waals surface area contributed by atoms with Crippen molar-refractivity contribution in [3.05, 3.63) is 0 Å². The van der Waals surface area contributed by atoms with Crippen LogP contribution in [0.5, 0.6) is 0 Å². The minimum absolute atomic E-state index is 0.185. The van der Waals surface area contributed by atoms with E-state index in [1.165, 1.54) is 6.42 Å². The number of piperazine rings is 1. The molecule has 136 valence electrons. The van der Waals surface area contributed by atoms with Crippen molar-refractivity contribution in [3.8, 4) is 0 Å². The second-order valence-corrected chi connectivity index (χ2v) is 7.15. The molecule has 3 aliphatic heterocycles. The molecule has 0 aliphatic carbocycles. The van der Waals surface area contributed by atoms with Crippen LogP contribution in [-0.4, -0.2) is 103 Å². The lowest BCUT2D eigenvalue weighted by Crippen LogP contribution is -2.52. The highest BCUT2D eigenvalue weighted by Gasteiger charge is 2.27. The Balaban J connectivity index is 1.35. The predicted octanol–water partition coefficient (Wildman–Crippen LogP) is 0.457. The van der Waals surface area contributed by atoms with E-state index in [9.17, 15) is 9.59 Å². The third-order valence-electron chi connectivity index (χ3n) is 5.48. The number of ether oxygens (including phenoxy) is 1. The van der Waals surface area contributed by atoms with E-state index in [0.29, 0.717) is 25.7 Å². The fourth-order valence-electron chi connectivity index (χ4n) is 3.81. The monoisotopic (exact) mass is 338 g/mol. The van der Waals surface area contributed by atoms with Crippen LogP contribution in [0.25, 0.3) is 0 Å². The minimum Gasteiger partial charge on any atom is -0.448 e. The number of hydrogen-bond donors (Lipinski definition) is 0. The summed E-state index contributed by atoms with van der Waals surface area (Å²) in [4.78, 5) is 32.4. The van der Waals surface area contributed by atoms with Gasteiger partial charge in [-0.1, -0.05) is 0 Å². The van der Waals surface area contributed by atoms with E-state index < -0.39 is 0 Å². The lowest BCUT2D eigenvalue weighted by Gasteiger charge is -2.38. The van der Waals surface area contributed by atoms with Gasteiger partial charge in [0.1, 0.15) is 6.61 Å². The van der Waals surface area contributed by atoms with Crippen LogP contribution in [-0.2, 0) is 9.53 Å². The van der Waals surface area contributed by atoms with Gasteiger partial charge in [0.25, 0.3) is 0 Å². The molecular formula is C17H30N4O3. The van der Waals surface area contributed by atoms with E-state index in [2.05, 4.69) is 21.6 Å². The zero-order chi connectivity index (χ0) is 16.9. The molecule has 0 saturated carbocycles. The molecule has 3 rings (SSSR count). The SMILES string of the molecule is CC1CCCCN1C(=O)CN1CCN(CCN2CCOC2=O)CC1. The number of carbonyl (C=O) groups is 2. The Hall–Kier alpha value is -1.34. The number of nitrogens with zero attached hydrogens (tertiary/aromatic N) is 4. The summed E-state index contributed by atoms with van der Waals surface area (Å²) in [5.41, 5.74) is 0. The number of hydrogen-bond acceptors (Lipinski definition) is 5. The third kappa shape index (κ3) is 4.39. The van der Waals surface area contributed by atoms with Crippen LogP contribution in [0.3, 0.4) is 0 Å². The van der Waals surface area contributed by atoms with Crippen molar-refractivity contribution in [1.29, 1.82) is 0 Å². The number of amides is 2. The first-order valence-electron chi connectivity index (χ1n) is 9.29. The molecule has 0 N–H and O–H groups in total. The van der Waals surface area contributed by atoms with Crippen molar-refractivity contribution in [1.82, 2.24) is 19.6 Å². The standard InChI is InChI=1S/C17H30N4O3/c1-15-4-2-3-5-21(15)16(22)14-19-8-6-18(7-9-19)10-11-20-12-13-24-17(20)23/h15H,2-14H2,1H3. The Kier molecular flexibility index (Phi) is 5.94. The van der Waals surface area contributed by atoms with Crippen LogP contribution in [0.2, 0.25) is 0 Å². The van der Waals surface area contributed by atoms with Crippen LogP contribution in [0.15, 0.2) is 0 Å². The molecule has 0 spiro atoms. The highest BCUT2D eigenvalue weighted by atomic mass is 16.6. The van der Waals surface area contributed by atoms with Crippen molar-refractivity contribution in [2.24, 2.45) is 0 Å². The molecule has 2 amide bonds. The minimum atomic E-state index is -0.185. The van der Waals surface area contributed by atoms with Crippen molar-refractivity contribution in [2.75, 3.05) is 65.5 Å². The molecule has 24 heavy (non-hydrogen) atoms. The quantitative estimate of drug-likeness (QED) is 0.729. The first-order valence-corrected chi connectivity index (χ1v) is 9.29. The Morgan fingerprint density at radius 2 is 1.79 bits per heavy atom. The number of cyclic esters (lactones) is 1. The summed E-state index contributed by atoms with van der Waals surface area (Å²) in [6.45, 7) is 10.3. The van der Waals surface area contributed by atoms with E-state index in [1.807, 2.05) is 0 Å². The average molecular weight is 338 g/mol. The summed E-state index contributed by atoms with van der Waals surface area (Å²) >= 11 is 0. The van der Waals surface area contributed by atoms with E-state index in [-0.39, 0.29) is 12.0 Å². The molecule has 0 radical (unpaired) electrons. The normalized spacial score (nSPS) is 26.7. The van der Waals surface area contributed by atoms with Crippen molar-refractivity contribution in [3.63, 3.8) is 0 Å². The molecule has 0 aromatic heterocycles. The van der Waals surface area contributed by atoms with Gasteiger partial charge in [-0.15, -0.1) is 0 Å². The van der Waals surface area contributed by atoms with Crippen molar-refractivity contribution < 1.29 is 14.3 Å². The predicted molar refractivity (Wildman–Crippen MR) is 90.8 cm³/mol. The van der Waals surface area contributed by atoms with Gasteiger partial charge < -0.3 is 14.5 Å². The van der Waals surface area contributed by atoms with Gasteiger partial charge in [-0.3, -0.25) is 14.6 Å². The van der Waals surface area contributed by atoms with E-state index in [4.69, 9.17) is 4.74 Å². The third-order valence-corrected chi connectivity index (χ3v) is 5.48. The number of piperidine rings is 1. The highest BCUT2D eigenvalue weighted by molar-refractivity contribution is 5.78. The smallest absolute Gasteiger partial charge is 0.409 e. The van der Waals surface area contributed by atoms with Crippen LogP contribution < -0.4 is 0 Å². The van der Waals surface area contributed by atoms with E-state index in [0.717, 1.165) is 58.7 Å². The lowest BCUT2D eigenvalue weighted by molar-refractivity contribution is -0.136. The van der Waals surface area contributed by atoms with Gasteiger partial charge in [0.2, 0.25) is 5.91 Å². The molecule has 1 atom stereocenters. The zero-order valence-electron chi connectivity index (χ0n) is 14.8. The average Bonchev–Trinajstić information content (AvgIpc) is 2.99. The van der Waals surface area contributed by atoms with Gasteiger partial charge in [-0.2, -0.15) is 0 Å². The van der Waals surface area contributed by atoms with Gasteiger partial charge >= 0.3 is 6.09 Å². The highest BCUT2D eigenvalue weighted by Crippen LogP contribution is 2.17. The maximum absolute atomic E-state index is 12.5. The molecule has 1 unspecified atom stereocenters. The van der Waals surface area contributed by atoms with Gasteiger partial charge in [0.15, 0.2) is 0 Å². The first-order chi connectivity index (χ1) is 11.6. The molecule has 0 bridgehead atoms. The maximum atomic E-state index is 12.5. The van der Waals surface area contributed by atoms with E-state index in [1.54, 1.807) is 4.90 Å². The molecule has 0 aromatic carbocycles. The van der Waals surface area contributed by atoms with Crippen LogP contribution in [0, 0.1) is 0 Å². The van der Waals surface area contributed by atoms with Crippen molar-refractivity contribution in [2.45, 2.75) is 32.2 Å². The molecule has 3 fully saturated rings. The summed E-state index contributed by atoms with van der Waals surface area (Å²) in [5, 5.41) is 0. The zero-order valence-corrected chi connectivity index (χ0v) is 14.8. The molecule has 0 aromatic rings. The molecular weight excluding hydrogens is 308 g/mol. The Labute approximate surface area is 144 Å². The number of likely N-dealkylation sites (tertiary alicyclic amines) is 1. The molecule has 7 heteroatoms. The van der Waals surface area contributed by atoms with Crippen molar-refractivity contribution >= 4 is 12.0 Å². The summed E-state index contributed by atoms with van der Waals surface area (Å²) in [6, 6.07) is 0.396. The summed E-state index contributed by atoms with van der Waals surface area (Å²) < 4.78 is 4.95. The molecule has 7 nitrogen and oxygen atoms in total. The summed E-state index contributed by atoms with van der Waals surface area (Å²) in [6.07, 6.45) is 3.34. The number of rotatable bonds is 5. The summed E-state index contributed by atoms with van der Waals surface area (Å²) in [5.74, 6) is 0.287. The fourth-order valence-corrected chi connectivity index (χ4v) is 3.81. The Bertz CT molecular complexity index is 451. The molecule has 3 aliphatic rings. The lowest BCUT2D eigenvalue weighted by atomic mass is 10.0. The van der Waals surface area contributed by atoms with Crippen LogP contribution in [0.1, 0.15) is 26.2 Å². The second kappa shape index (κ2) is 8.16. The van der Waals surface area contributed by atoms with Crippen LogP contribution >= 0.6 is 0 Å². The van der Waals surface area contributed by atoms with E-state index >= 15 is 0 Å². The van der Waals surface area contributed by atoms with Crippen LogP contribution in [0.4, 0.5) is 4.79 Å². The largest absolute Gasteiger partial charge is 0.448 e. The second-order valence-electron chi connectivity index (χ2n) is 7.15. The fraction of sp³-hybridized carbons (Fsp3) is 0.882. The topological polar surface area (TPSA) is 56.3 Å². The van der Waals surface area contributed by atoms with Gasteiger partial charge in [0, 0.05) is 51.9 Å². The van der Waals surface area contributed by atoms with Gasteiger partial charge in [-0.25, -0.2) is 4.79 Å². The first kappa shape index (κ1) is 17.5. The Morgan fingerprint density at radius 1 is 1.04 bits per heavy atom. The van der Waals surface area contributed by atoms with Gasteiger partial charge in [0.05, 0.1) is 13.1 Å². The Morgan fingerprint density at radius 3 is 2.46 bits per heavy atom. The van der Waals surface area contributed by atoms with Gasteiger partial charge in [-0.05, 0) is 26.2 Å². The molecule has 3 heterocycles.